The predicted molar refractivity (Wildman–Crippen MR) is 86.5 cm³/mol. The smallest absolute Gasteiger partial charge is 0.209 e. The van der Waals surface area contributed by atoms with Gasteiger partial charge in [-0.05, 0) is 11.8 Å². The van der Waals surface area contributed by atoms with Gasteiger partial charge in [-0.15, -0.1) is 0 Å². The highest BCUT2D eigenvalue weighted by Crippen LogP contribution is 2.40. The molecule has 0 N–H and O–H groups in total. The van der Waals surface area contributed by atoms with Crippen LogP contribution in [0, 0.1) is 22.7 Å². The van der Waals surface area contributed by atoms with Gasteiger partial charge in [0.2, 0.25) is 12.6 Å². The van der Waals surface area contributed by atoms with E-state index in [4.69, 9.17) is 18.9 Å². The van der Waals surface area contributed by atoms with Crippen LogP contribution < -0.4 is 0 Å². The second-order valence-electron chi connectivity index (χ2n) is 8.94. The average Bonchev–Trinajstić information content (AvgIpc) is 2.37. The number of hydrogen-bond acceptors (Lipinski definition) is 4. The Labute approximate surface area is 135 Å². The fraction of sp³-hybridized carbons (Fsp3) is 1.00. The lowest BCUT2D eigenvalue weighted by atomic mass is 9.80. The van der Waals surface area contributed by atoms with Crippen LogP contribution >= 0.6 is 0 Å². The van der Waals surface area contributed by atoms with Gasteiger partial charge in [0.15, 0.2) is 0 Å². The highest BCUT2D eigenvalue weighted by atomic mass is 16.8. The van der Waals surface area contributed by atoms with Gasteiger partial charge in [-0.1, -0.05) is 55.4 Å². The van der Waals surface area contributed by atoms with E-state index < -0.39 is 12.6 Å². The van der Waals surface area contributed by atoms with Crippen molar-refractivity contribution in [3.63, 3.8) is 0 Å². The van der Waals surface area contributed by atoms with E-state index in [0.29, 0.717) is 25.0 Å². The maximum Gasteiger partial charge on any atom is 0.209 e. The Morgan fingerprint density at radius 3 is 1.27 bits per heavy atom. The molecule has 2 saturated heterocycles. The lowest BCUT2D eigenvalue weighted by molar-refractivity contribution is -0.381. The molecule has 2 aliphatic heterocycles. The highest BCUT2D eigenvalue weighted by Gasteiger charge is 2.47. The summed E-state index contributed by atoms with van der Waals surface area (Å²) >= 11 is 0. The fourth-order valence-corrected chi connectivity index (χ4v) is 3.90. The Hall–Kier alpha value is -0.160. The van der Waals surface area contributed by atoms with Crippen molar-refractivity contribution in [3.8, 4) is 0 Å². The van der Waals surface area contributed by atoms with E-state index in [9.17, 15) is 0 Å². The van der Waals surface area contributed by atoms with E-state index in [0.717, 1.165) is 0 Å². The largest absolute Gasteiger partial charge is 0.347 e. The van der Waals surface area contributed by atoms with Crippen LogP contribution in [0.4, 0.5) is 0 Å². The van der Waals surface area contributed by atoms with Crippen LogP contribution in [0.2, 0.25) is 0 Å². The van der Waals surface area contributed by atoms with Gasteiger partial charge in [-0.25, -0.2) is 0 Å². The Bertz CT molecular complexity index is 339. The molecule has 0 saturated carbocycles. The van der Waals surface area contributed by atoms with E-state index in [-0.39, 0.29) is 23.0 Å². The van der Waals surface area contributed by atoms with Gasteiger partial charge in [-0.3, -0.25) is 0 Å². The van der Waals surface area contributed by atoms with Crippen molar-refractivity contribution < 1.29 is 18.9 Å². The van der Waals surface area contributed by atoms with Gasteiger partial charge < -0.3 is 18.9 Å². The molecular formula is C18H34O4. The minimum absolute atomic E-state index is 0.00997. The molecule has 0 aromatic heterocycles. The standard InChI is InChI=1S/C18H34O4/c1-11(2)13-17(5,6)9-19-15(21-13)16-20-10-18(7,8)14(22-16)12(3)4/h11-16H,9-10H2,1-8H3. The minimum atomic E-state index is -0.433. The molecule has 4 unspecified atom stereocenters. The van der Waals surface area contributed by atoms with E-state index in [1.54, 1.807) is 0 Å². The maximum atomic E-state index is 6.23. The number of rotatable bonds is 3. The third-order valence-electron chi connectivity index (χ3n) is 4.77. The summed E-state index contributed by atoms with van der Waals surface area (Å²) in [5, 5.41) is 0. The van der Waals surface area contributed by atoms with Gasteiger partial charge in [0, 0.05) is 10.8 Å². The van der Waals surface area contributed by atoms with Crippen LogP contribution in [0.25, 0.3) is 0 Å². The lowest BCUT2D eigenvalue weighted by Gasteiger charge is -2.49. The van der Waals surface area contributed by atoms with Crippen molar-refractivity contribution in [2.75, 3.05) is 13.2 Å². The normalized spacial score (nSPS) is 38.5. The summed E-state index contributed by atoms with van der Waals surface area (Å²) in [6.45, 7) is 18.9. The van der Waals surface area contributed by atoms with Crippen molar-refractivity contribution in [2.24, 2.45) is 22.7 Å². The molecule has 4 heteroatoms. The second-order valence-corrected chi connectivity index (χ2v) is 8.94. The Morgan fingerprint density at radius 2 is 1.00 bits per heavy atom. The van der Waals surface area contributed by atoms with Crippen LogP contribution in [0.1, 0.15) is 55.4 Å². The fourth-order valence-electron chi connectivity index (χ4n) is 3.90. The van der Waals surface area contributed by atoms with E-state index in [1.165, 1.54) is 0 Å². The molecule has 2 rings (SSSR count). The quantitative estimate of drug-likeness (QED) is 0.793. The van der Waals surface area contributed by atoms with Crippen molar-refractivity contribution in [2.45, 2.75) is 80.2 Å². The summed E-state index contributed by atoms with van der Waals surface area (Å²) in [4.78, 5) is 0. The molecule has 0 spiro atoms. The van der Waals surface area contributed by atoms with Crippen molar-refractivity contribution in [1.29, 1.82) is 0 Å². The van der Waals surface area contributed by atoms with Gasteiger partial charge in [0.05, 0.1) is 25.4 Å². The van der Waals surface area contributed by atoms with Crippen LogP contribution in [0.5, 0.6) is 0 Å². The molecule has 2 aliphatic rings. The van der Waals surface area contributed by atoms with Gasteiger partial charge in [0.25, 0.3) is 0 Å². The Balaban J connectivity index is 2.06. The molecule has 2 heterocycles. The third-order valence-corrected chi connectivity index (χ3v) is 4.77. The Morgan fingerprint density at radius 1 is 0.682 bits per heavy atom. The third kappa shape index (κ3) is 3.66. The minimum Gasteiger partial charge on any atom is -0.347 e. The molecule has 0 aromatic rings. The summed E-state index contributed by atoms with van der Waals surface area (Å²) in [7, 11) is 0. The average molecular weight is 314 g/mol. The maximum absolute atomic E-state index is 6.23. The topological polar surface area (TPSA) is 36.9 Å². The molecule has 2 fully saturated rings. The van der Waals surface area contributed by atoms with Crippen LogP contribution in [-0.4, -0.2) is 38.0 Å². The zero-order chi connectivity index (χ0) is 16.7. The van der Waals surface area contributed by atoms with Crippen molar-refractivity contribution in [1.82, 2.24) is 0 Å². The summed E-state index contributed by atoms with van der Waals surface area (Å²) < 4.78 is 24.3. The summed E-state index contributed by atoms with van der Waals surface area (Å²) in [6, 6.07) is 0. The van der Waals surface area contributed by atoms with Crippen LogP contribution in [0.15, 0.2) is 0 Å². The van der Waals surface area contributed by atoms with Crippen LogP contribution in [0.3, 0.4) is 0 Å². The van der Waals surface area contributed by atoms with Crippen molar-refractivity contribution >= 4 is 0 Å². The highest BCUT2D eigenvalue weighted by molar-refractivity contribution is 4.88. The molecule has 0 amide bonds. The van der Waals surface area contributed by atoms with E-state index in [1.807, 2.05) is 0 Å². The molecule has 0 radical (unpaired) electrons. The van der Waals surface area contributed by atoms with Gasteiger partial charge in [-0.2, -0.15) is 0 Å². The van der Waals surface area contributed by atoms with E-state index in [2.05, 4.69) is 55.4 Å². The summed E-state index contributed by atoms with van der Waals surface area (Å²) in [5.41, 5.74) is 0.0199. The first-order valence-corrected chi connectivity index (χ1v) is 8.59. The zero-order valence-electron chi connectivity index (χ0n) is 15.5. The number of ether oxygens (including phenoxy) is 4. The summed E-state index contributed by atoms with van der Waals surface area (Å²) in [6.07, 6.45) is -0.577. The summed E-state index contributed by atoms with van der Waals surface area (Å²) in [5.74, 6) is 0.865. The molecule has 130 valence electrons. The first-order valence-electron chi connectivity index (χ1n) is 8.59. The second kappa shape index (κ2) is 6.39. The van der Waals surface area contributed by atoms with Crippen molar-refractivity contribution in [3.05, 3.63) is 0 Å². The van der Waals surface area contributed by atoms with Gasteiger partial charge >= 0.3 is 0 Å². The van der Waals surface area contributed by atoms with E-state index >= 15 is 0 Å². The monoisotopic (exact) mass is 314 g/mol. The molecule has 0 aliphatic carbocycles. The zero-order valence-corrected chi connectivity index (χ0v) is 15.5. The SMILES string of the molecule is CC(C)C1OC(C2OCC(C)(C)C(C(C)C)O2)OCC1(C)C. The van der Waals surface area contributed by atoms with Gasteiger partial charge in [0.1, 0.15) is 0 Å². The Kier molecular flexibility index (Phi) is 5.28. The first-order chi connectivity index (χ1) is 10.0. The van der Waals surface area contributed by atoms with Crippen LogP contribution in [-0.2, 0) is 18.9 Å². The molecule has 4 nitrogen and oxygen atoms in total. The molecule has 4 atom stereocenters. The molecule has 0 bridgehead atoms. The molecule has 22 heavy (non-hydrogen) atoms. The molecular weight excluding hydrogens is 280 g/mol. The molecule has 0 aromatic carbocycles. The predicted octanol–water partition coefficient (Wildman–Crippen LogP) is 3.83. The lowest BCUT2D eigenvalue weighted by Crippen LogP contribution is -2.57. The number of hydrogen-bond donors (Lipinski definition) is 0. The first kappa shape index (κ1) is 18.2.